The van der Waals surface area contributed by atoms with Crippen LogP contribution in [0.4, 0.5) is 0 Å². The van der Waals surface area contributed by atoms with Crippen molar-refractivity contribution in [1.82, 2.24) is 15.5 Å². The Morgan fingerprint density at radius 3 is 2.38 bits per heavy atom. The van der Waals surface area contributed by atoms with Crippen LogP contribution in [-0.4, -0.2) is 57.4 Å². The summed E-state index contributed by atoms with van der Waals surface area (Å²) in [6.07, 6.45) is 1.94. The van der Waals surface area contributed by atoms with E-state index in [9.17, 15) is 0 Å². The van der Waals surface area contributed by atoms with Gasteiger partial charge in [0, 0.05) is 52.0 Å². The quantitative estimate of drug-likeness (QED) is 0.292. The highest BCUT2D eigenvalue weighted by atomic mass is 127. The first kappa shape index (κ1) is 26.4. The lowest BCUT2D eigenvalue weighted by molar-refractivity contribution is 0.0353. The van der Waals surface area contributed by atoms with Gasteiger partial charge in [-0.1, -0.05) is 42.5 Å². The molecular weight excluding hydrogens is 515 g/mol. The molecule has 0 aromatic heterocycles. The van der Waals surface area contributed by atoms with Gasteiger partial charge in [-0.3, -0.25) is 4.99 Å². The van der Waals surface area contributed by atoms with Gasteiger partial charge in [-0.2, -0.15) is 0 Å². The van der Waals surface area contributed by atoms with Crippen molar-refractivity contribution in [1.29, 1.82) is 0 Å². The SMILES string of the molecule is CN=C(NCC1(NC(C)c2ccccc2)CCOCC1)N(C)Cc1ccc(OC)cc1.I. The molecule has 0 spiro atoms. The molecule has 2 aromatic carbocycles. The average Bonchev–Trinajstić information content (AvgIpc) is 2.81. The van der Waals surface area contributed by atoms with Gasteiger partial charge in [-0.15, -0.1) is 24.0 Å². The lowest BCUT2D eigenvalue weighted by Gasteiger charge is -2.41. The summed E-state index contributed by atoms with van der Waals surface area (Å²) < 4.78 is 10.9. The second kappa shape index (κ2) is 13.0. The van der Waals surface area contributed by atoms with Gasteiger partial charge in [-0.05, 0) is 43.0 Å². The third kappa shape index (κ3) is 7.35. The highest BCUT2D eigenvalue weighted by molar-refractivity contribution is 14.0. The van der Waals surface area contributed by atoms with Crippen molar-refractivity contribution < 1.29 is 9.47 Å². The number of ether oxygens (including phenoxy) is 2. The molecule has 7 heteroatoms. The number of aliphatic imine (C=N–C) groups is 1. The summed E-state index contributed by atoms with van der Waals surface area (Å²) >= 11 is 0. The van der Waals surface area contributed by atoms with Crippen molar-refractivity contribution in [3.05, 3.63) is 65.7 Å². The topological polar surface area (TPSA) is 58.1 Å². The van der Waals surface area contributed by atoms with Gasteiger partial charge in [0.15, 0.2) is 5.96 Å². The molecule has 1 aliphatic rings. The lowest BCUT2D eigenvalue weighted by Crippen LogP contribution is -2.58. The number of hydrogen-bond acceptors (Lipinski definition) is 4. The fraction of sp³-hybridized carbons (Fsp3) is 0.480. The largest absolute Gasteiger partial charge is 0.497 e. The van der Waals surface area contributed by atoms with Gasteiger partial charge >= 0.3 is 0 Å². The van der Waals surface area contributed by atoms with Crippen molar-refractivity contribution in [2.45, 2.75) is 37.9 Å². The first-order chi connectivity index (χ1) is 15.0. The van der Waals surface area contributed by atoms with Crippen LogP contribution in [0.5, 0.6) is 5.75 Å². The van der Waals surface area contributed by atoms with E-state index in [1.165, 1.54) is 11.1 Å². The second-order valence-corrected chi connectivity index (χ2v) is 8.27. The van der Waals surface area contributed by atoms with Gasteiger partial charge in [0.1, 0.15) is 5.75 Å². The van der Waals surface area contributed by atoms with E-state index >= 15 is 0 Å². The van der Waals surface area contributed by atoms with Gasteiger partial charge in [0.05, 0.1) is 7.11 Å². The van der Waals surface area contributed by atoms with E-state index in [2.05, 4.69) is 77.0 Å². The van der Waals surface area contributed by atoms with E-state index in [4.69, 9.17) is 9.47 Å². The van der Waals surface area contributed by atoms with Crippen LogP contribution in [0, 0.1) is 0 Å². The third-order valence-electron chi connectivity index (χ3n) is 6.01. The normalized spacial score (nSPS) is 16.6. The summed E-state index contributed by atoms with van der Waals surface area (Å²) in [5.74, 6) is 1.75. The molecule has 0 aliphatic carbocycles. The Morgan fingerprint density at radius 1 is 1.12 bits per heavy atom. The number of rotatable bonds is 8. The molecule has 0 amide bonds. The van der Waals surface area contributed by atoms with Crippen LogP contribution < -0.4 is 15.4 Å². The maximum atomic E-state index is 5.67. The van der Waals surface area contributed by atoms with Gasteiger partial charge in [-0.25, -0.2) is 0 Å². The summed E-state index contributed by atoms with van der Waals surface area (Å²) in [6, 6.07) is 19.0. The van der Waals surface area contributed by atoms with Gasteiger partial charge in [0.25, 0.3) is 0 Å². The van der Waals surface area contributed by atoms with Gasteiger partial charge < -0.3 is 25.0 Å². The minimum absolute atomic E-state index is 0. The molecule has 176 valence electrons. The number of benzene rings is 2. The maximum absolute atomic E-state index is 5.67. The molecule has 1 atom stereocenters. The number of halogens is 1. The van der Waals surface area contributed by atoms with Gasteiger partial charge in [0.2, 0.25) is 0 Å². The standard InChI is InChI=1S/C25H36N4O2.HI/c1-20(22-8-6-5-7-9-22)28-25(14-16-31-17-15-25)19-27-24(26-2)29(3)18-21-10-12-23(30-4)13-11-21;/h5-13,20,28H,14-19H2,1-4H3,(H,26,27);1H. The zero-order valence-electron chi connectivity index (χ0n) is 19.6. The summed E-state index contributed by atoms with van der Waals surface area (Å²) in [6.45, 7) is 5.35. The maximum Gasteiger partial charge on any atom is 0.193 e. The van der Waals surface area contributed by atoms with Crippen LogP contribution >= 0.6 is 24.0 Å². The minimum atomic E-state index is -0.0373. The zero-order chi connectivity index (χ0) is 22.1. The fourth-order valence-corrected chi connectivity index (χ4v) is 4.13. The van der Waals surface area contributed by atoms with Crippen molar-refractivity contribution in [2.24, 2.45) is 4.99 Å². The van der Waals surface area contributed by atoms with Crippen LogP contribution in [-0.2, 0) is 11.3 Å². The number of guanidine groups is 1. The molecule has 32 heavy (non-hydrogen) atoms. The molecule has 6 nitrogen and oxygen atoms in total. The Bertz CT molecular complexity index is 824. The van der Waals surface area contributed by atoms with Crippen LogP contribution in [0.3, 0.4) is 0 Å². The van der Waals surface area contributed by atoms with E-state index in [0.717, 1.165) is 50.9 Å². The first-order valence-electron chi connectivity index (χ1n) is 11.0. The van der Waals surface area contributed by atoms with Crippen molar-refractivity contribution in [3.8, 4) is 5.75 Å². The third-order valence-corrected chi connectivity index (χ3v) is 6.01. The Balaban J connectivity index is 0.00000363. The Labute approximate surface area is 209 Å². The number of nitrogens with zero attached hydrogens (tertiary/aromatic N) is 2. The smallest absolute Gasteiger partial charge is 0.193 e. The van der Waals surface area contributed by atoms with Crippen molar-refractivity contribution >= 4 is 29.9 Å². The minimum Gasteiger partial charge on any atom is -0.497 e. The zero-order valence-corrected chi connectivity index (χ0v) is 22.0. The Kier molecular flexibility index (Phi) is 10.7. The van der Waals surface area contributed by atoms with E-state index in [-0.39, 0.29) is 35.6 Å². The molecule has 1 unspecified atom stereocenters. The predicted molar refractivity (Wildman–Crippen MR) is 142 cm³/mol. The molecule has 0 saturated carbocycles. The molecule has 0 bridgehead atoms. The molecule has 2 N–H and O–H groups in total. The molecule has 3 rings (SSSR count). The highest BCUT2D eigenvalue weighted by Gasteiger charge is 2.34. The molecule has 1 saturated heterocycles. The van der Waals surface area contributed by atoms with Crippen LogP contribution in [0.2, 0.25) is 0 Å². The predicted octanol–water partition coefficient (Wildman–Crippen LogP) is 4.22. The summed E-state index contributed by atoms with van der Waals surface area (Å²) in [4.78, 5) is 6.67. The summed E-state index contributed by atoms with van der Waals surface area (Å²) in [5.41, 5.74) is 2.47. The molecular formula is C25H37IN4O2. The van der Waals surface area contributed by atoms with Crippen molar-refractivity contribution in [2.75, 3.05) is 41.0 Å². The van der Waals surface area contributed by atoms with Crippen LogP contribution in [0.15, 0.2) is 59.6 Å². The second-order valence-electron chi connectivity index (χ2n) is 8.27. The molecule has 1 fully saturated rings. The van der Waals surface area contributed by atoms with E-state index in [1.807, 2.05) is 19.2 Å². The van der Waals surface area contributed by atoms with E-state index in [0.29, 0.717) is 0 Å². The van der Waals surface area contributed by atoms with Crippen LogP contribution in [0.1, 0.15) is 36.9 Å². The molecule has 1 heterocycles. The van der Waals surface area contributed by atoms with E-state index < -0.39 is 0 Å². The summed E-state index contributed by atoms with van der Waals surface area (Å²) in [5, 5.41) is 7.51. The Hall–Kier alpha value is -1.84. The number of hydrogen-bond donors (Lipinski definition) is 2. The summed E-state index contributed by atoms with van der Waals surface area (Å²) in [7, 11) is 5.59. The van der Waals surface area contributed by atoms with Crippen LogP contribution in [0.25, 0.3) is 0 Å². The Morgan fingerprint density at radius 2 is 1.78 bits per heavy atom. The highest BCUT2D eigenvalue weighted by Crippen LogP contribution is 2.25. The lowest BCUT2D eigenvalue weighted by atomic mass is 9.88. The number of nitrogens with one attached hydrogen (secondary N) is 2. The first-order valence-corrected chi connectivity index (χ1v) is 11.0. The van der Waals surface area contributed by atoms with E-state index in [1.54, 1.807) is 7.11 Å². The molecule has 1 aliphatic heterocycles. The van der Waals surface area contributed by atoms with Crippen molar-refractivity contribution in [3.63, 3.8) is 0 Å². The average molecular weight is 553 g/mol. The molecule has 0 radical (unpaired) electrons. The fourth-order valence-electron chi connectivity index (χ4n) is 4.13. The monoisotopic (exact) mass is 552 g/mol. The number of methoxy groups -OCH3 is 1. The molecule has 2 aromatic rings.